The van der Waals surface area contributed by atoms with E-state index in [1.54, 1.807) is 32.1 Å². The van der Waals surface area contributed by atoms with Crippen LogP contribution in [-0.4, -0.2) is 64.9 Å². The number of allylic oxidation sites excluding steroid dienone is 1. The third kappa shape index (κ3) is 5.35. The number of aryl methyl sites for hydroxylation is 2. The molecule has 3 rings (SSSR count). The zero-order valence-electron chi connectivity index (χ0n) is 17.9. The number of hydrogen-bond acceptors (Lipinski definition) is 7. The number of sulfonamides is 1. The van der Waals surface area contributed by atoms with Crippen LogP contribution < -0.4 is 5.32 Å². The van der Waals surface area contributed by atoms with Gasteiger partial charge in [-0.3, -0.25) is 4.79 Å². The number of carbonyl (C=O) groups is 1. The minimum absolute atomic E-state index is 0.189. The van der Waals surface area contributed by atoms with Gasteiger partial charge in [0, 0.05) is 25.3 Å². The number of nitrogens with zero attached hydrogens (tertiary/aromatic N) is 4. The lowest BCUT2D eigenvalue weighted by atomic mass is 10.2. The molecule has 0 aliphatic carbocycles. The molecule has 1 aromatic carbocycles. The SMILES string of the molecule is C=CCn1c(C)nnc1SC(C)C(=O)Nc1ccc(C)c(S(=O)(=O)N2CCOCC2)c1. The van der Waals surface area contributed by atoms with Crippen molar-refractivity contribution >= 4 is 33.4 Å². The van der Waals surface area contributed by atoms with Crippen molar-refractivity contribution in [3.05, 3.63) is 42.2 Å². The molecule has 168 valence electrons. The lowest BCUT2D eigenvalue weighted by Gasteiger charge is -2.27. The normalized spacial score (nSPS) is 16.1. The topological polar surface area (TPSA) is 106 Å². The van der Waals surface area contributed by atoms with Crippen molar-refractivity contribution < 1.29 is 17.9 Å². The van der Waals surface area contributed by atoms with E-state index >= 15 is 0 Å². The van der Waals surface area contributed by atoms with Crippen LogP contribution in [0.25, 0.3) is 0 Å². The largest absolute Gasteiger partial charge is 0.379 e. The highest BCUT2D eigenvalue weighted by molar-refractivity contribution is 8.00. The lowest BCUT2D eigenvalue weighted by molar-refractivity contribution is -0.115. The van der Waals surface area contributed by atoms with E-state index in [4.69, 9.17) is 4.74 Å². The summed E-state index contributed by atoms with van der Waals surface area (Å²) in [6, 6.07) is 4.91. The number of amides is 1. The zero-order valence-corrected chi connectivity index (χ0v) is 19.5. The molecule has 2 heterocycles. The van der Waals surface area contributed by atoms with Gasteiger partial charge < -0.3 is 14.6 Å². The van der Waals surface area contributed by atoms with Crippen molar-refractivity contribution in [1.29, 1.82) is 0 Å². The fourth-order valence-electron chi connectivity index (χ4n) is 3.13. The first-order valence-electron chi connectivity index (χ1n) is 9.90. The number of morpholine rings is 1. The fraction of sp³-hybridized carbons (Fsp3) is 0.450. The van der Waals surface area contributed by atoms with Crippen molar-refractivity contribution in [2.24, 2.45) is 0 Å². The first-order valence-corrected chi connectivity index (χ1v) is 12.2. The molecule has 1 aliphatic rings. The van der Waals surface area contributed by atoms with E-state index in [1.807, 2.05) is 11.5 Å². The summed E-state index contributed by atoms with van der Waals surface area (Å²) in [7, 11) is -3.66. The summed E-state index contributed by atoms with van der Waals surface area (Å²) >= 11 is 1.28. The van der Waals surface area contributed by atoms with Gasteiger partial charge in [-0.05, 0) is 38.5 Å². The summed E-state index contributed by atoms with van der Waals surface area (Å²) in [4.78, 5) is 12.9. The molecule has 1 aromatic heterocycles. The van der Waals surface area contributed by atoms with Crippen LogP contribution in [0.3, 0.4) is 0 Å². The van der Waals surface area contributed by atoms with Crippen molar-refractivity contribution in [3.63, 3.8) is 0 Å². The minimum atomic E-state index is -3.66. The number of aromatic nitrogens is 3. The summed E-state index contributed by atoms with van der Waals surface area (Å²) in [6.45, 7) is 11.0. The standard InChI is InChI=1S/C20H27N5O4S2/c1-5-8-25-16(4)22-23-20(25)30-15(3)19(26)21-17-7-6-14(2)18(13-17)31(27,28)24-9-11-29-12-10-24/h5-7,13,15H,1,8-12H2,2-4H3,(H,21,26). The number of thioether (sulfide) groups is 1. The van der Waals surface area contributed by atoms with Crippen molar-refractivity contribution in [2.75, 3.05) is 31.6 Å². The monoisotopic (exact) mass is 465 g/mol. The van der Waals surface area contributed by atoms with Gasteiger partial charge in [-0.25, -0.2) is 8.42 Å². The second-order valence-electron chi connectivity index (χ2n) is 7.18. The second-order valence-corrected chi connectivity index (χ2v) is 10.4. The maximum Gasteiger partial charge on any atom is 0.243 e. The summed E-state index contributed by atoms with van der Waals surface area (Å²) in [6.07, 6.45) is 1.74. The lowest BCUT2D eigenvalue weighted by Crippen LogP contribution is -2.40. The predicted octanol–water partition coefficient (Wildman–Crippen LogP) is 2.22. The molecular weight excluding hydrogens is 438 g/mol. The summed E-state index contributed by atoms with van der Waals surface area (Å²) in [5.74, 6) is 0.487. The van der Waals surface area contributed by atoms with E-state index in [9.17, 15) is 13.2 Å². The van der Waals surface area contributed by atoms with E-state index < -0.39 is 15.3 Å². The van der Waals surface area contributed by atoms with Crippen molar-refractivity contribution in [2.45, 2.75) is 42.6 Å². The van der Waals surface area contributed by atoms with Crippen LogP contribution in [0.1, 0.15) is 18.3 Å². The Balaban J connectivity index is 1.74. The highest BCUT2D eigenvalue weighted by atomic mass is 32.2. The molecule has 0 spiro atoms. The Morgan fingerprint density at radius 2 is 2.03 bits per heavy atom. The highest BCUT2D eigenvalue weighted by Gasteiger charge is 2.28. The van der Waals surface area contributed by atoms with Gasteiger partial charge >= 0.3 is 0 Å². The fourth-order valence-corrected chi connectivity index (χ4v) is 5.69. The van der Waals surface area contributed by atoms with Gasteiger partial charge in [-0.1, -0.05) is 23.9 Å². The smallest absolute Gasteiger partial charge is 0.243 e. The molecule has 1 amide bonds. The second kappa shape index (κ2) is 9.94. The first kappa shape index (κ1) is 23.5. The number of benzene rings is 1. The van der Waals surface area contributed by atoms with E-state index in [0.717, 1.165) is 5.82 Å². The van der Waals surface area contributed by atoms with Crippen molar-refractivity contribution in [1.82, 2.24) is 19.1 Å². The van der Waals surface area contributed by atoms with Gasteiger partial charge in [-0.15, -0.1) is 16.8 Å². The third-order valence-electron chi connectivity index (χ3n) is 4.91. The van der Waals surface area contributed by atoms with Crippen LogP contribution in [0.4, 0.5) is 5.69 Å². The summed E-state index contributed by atoms with van der Waals surface area (Å²) in [5.41, 5.74) is 1.05. The predicted molar refractivity (Wildman–Crippen MR) is 120 cm³/mol. The van der Waals surface area contributed by atoms with E-state index in [1.165, 1.54) is 22.1 Å². The average Bonchev–Trinajstić information content (AvgIpc) is 3.09. The van der Waals surface area contributed by atoms with Gasteiger partial charge in [0.15, 0.2) is 5.16 Å². The van der Waals surface area contributed by atoms with Gasteiger partial charge in [0.05, 0.1) is 23.4 Å². The van der Waals surface area contributed by atoms with Gasteiger partial charge in [0.25, 0.3) is 0 Å². The number of carbonyl (C=O) groups excluding carboxylic acids is 1. The molecule has 9 nitrogen and oxygen atoms in total. The third-order valence-corrected chi connectivity index (χ3v) is 8.03. The Kier molecular flexibility index (Phi) is 7.52. The van der Waals surface area contributed by atoms with Gasteiger partial charge in [0.1, 0.15) is 5.82 Å². The first-order chi connectivity index (χ1) is 14.7. The number of ether oxygens (including phenoxy) is 1. The Hall–Kier alpha value is -2.21. The maximum absolute atomic E-state index is 13.0. The van der Waals surface area contributed by atoms with Crippen molar-refractivity contribution in [3.8, 4) is 0 Å². The quantitative estimate of drug-likeness (QED) is 0.471. The Bertz CT molecular complexity index is 1060. The molecule has 2 aromatic rings. The molecule has 1 fully saturated rings. The van der Waals surface area contributed by atoms with E-state index in [-0.39, 0.29) is 10.8 Å². The Labute approximate surface area is 186 Å². The molecule has 1 unspecified atom stereocenters. The maximum atomic E-state index is 13.0. The number of rotatable bonds is 8. The summed E-state index contributed by atoms with van der Waals surface area (Å²) in [5, 5.41) is 11.2. The van der Waals surface area contributed by atoms with E-state index in [0.29, 0.717) is 49.3 Å². The zero-order chi connectivity index (χ0) is 22.6. The van der Waals surface area contributed by atoms with Crippen LogP contribution in [0.15, 0.2) is 40.9 Å². The molecule has 1 saturated heterocycles. The molecule has 11 heteroatoms. The molecule has 31 heavy (non-hydrogen) atoms. The van der Waals surface area contributed by atoms with Gasteiger partial charge in [-0.2, -0.15) is 4.31 Å². The van der Waals surface area contributed by atoms with Gasteiger partial charge in [0.2, 0.25) is 15.9 Å². The average molecular weight is 466 g/mol. The number of hydrogen-bond donors (Lipinski definition) is 1. The summed E-state index contributed by atoms with van der Waals surface area (Å²) < 4.78 is 34.6. The van der Waals surface area contributed by atoms with Crippen LogP contribution in [-0.2, 0) is 26.1 Å². The molecule has 0 saturated carbocycles. The molecule has 1 N–H and O–H groups in total. The minimum Gasteiger partial charge on any atom is -0.379 e. The number of anilines is 1. The molecule has 1 aliphatic heterocycles. The Morgan fingerprint density at radius 3 is 2.71 bits per heavy atom. The van der Waals surface area contributed by atoms with Crippen LogP contribution in [0.5, 0.6) is 0 Å². The van der Waals surface area contributed by atoms with Crippen LogP contribution in [0.2, 0.25) is 0 Å². The molecule has 0 bridgehead atoms. The molecule has 0 radical (unpaired) electrons. The van der Waals surface area contributed by atoms with Crippen LogP contribution in [0, 0.1) is 13.8 Å². The number of nitrogens with one attached hydrogen (secondary N) is 1. The highest BCUT2D eigenvalue weighted by Crippen LogP contribution is 2.26. The van der Waals surface area contributed by atoms with Crippen LogP contribution >= 0.6 is 11.8 Å². The van der Waals surface area contributed by atoms with E-state index in [2.05, 4.69) is 22.1 Å². The Morgan fingerprint density at radius 1 is 1.32 bits per heavy atom. The molecule has 1 atom stereocenters. The molecular formula is C20H27N5O4S2.